The number of hydrogen-bond donors (Lipinski definition) is 2. The molecular formula is C16H20N4. The second-order valence-corrected chi connectivity index (χ2v) is 5.66. The lowest BCUT2D eigenvalue weighted by atomic mass is 10.1. The number of aromatic amines is 2. The smallest absolute Gasteiger partial charge is 0.151 e. The van der Waals surface area contributed by atoms with Crippen LogP contribution in [0.25, 0.3) is 10.9 Å². The third kappa shape index (κ3) is 2.74. The van der Waals surface area contributed by atoms with Crippen LogP contribution in [0.3, 0.4) is 0 Å². The van der Waals surface area contributed by atoms with Crippen molar-refractivity contribution in [2.24, 2.45) is 5.92 Å². The van der Waals surface area contributed by atoms with Crippen LogP contribution in [0.2, 0.25) is 0 Å². The molecule has 0 unspecified atom stereocenters. The summed E-state index contributed by atoms with van der Waals surface area (Å²) in [7, 11) is 0. The third-order valence-corrected chi connectivity index (χ3v) is 3.47. The van der Waals surface area contributed by atoms with E-state index in [2.05, 4.69) is 64.5 Å². The number of fused-ring (bicyclic) bond motifs is 1. The highest BCUT2D eigenvalue weighted by atomic mass is 15.2. The average Bonchev–Trinajstić information content (AvgIpc) is 3.02. The summed E-state index contributed by atoms with van der Waals surface area (Å²) in [5.74, 6) is 2.50. The lowest BCUT2D eigenvalue weighted by Gasteiger charge is -1.98. The monoisotopic (exact) mass is 268 g/mol. The number of nitrogens with one attached hydrogen (secondary N) is 2. The number of benzene rings is 1. The summed E-state index contributed by atoms with van der Waals surface area (Å²) in [6.07, 6.45) is 4.88. The zero-order valence-electron chi connectivity index (χ0n) is 12.0. The van der Waals surface area contributed by atoms with Crippen molar-refractivity contribution < 1.29 is 0 Å². The molecule has 0 aliphatic rings. The van der Waals surface area contributed by atoms with Crippen LogP contribution in [0.15, 0.2) is 30.5 Å². The largest absolute Gasteiger partial charge is 0.361 e. The van der Waals surface area contributed by atoms with Gasteiger partial charge in [-0.25, -0.2) is 4.98 Å². The molecule has 2 N–H and O–H groups in total. The molecule has 0 radical (unpaired) electrons. The fourth-order valence-corrected chi connectivity index (χ4v) is 2.51. The van der Waals surface area contributed by atoms with Crippen molar-refractivity contribution in [3.8, 4) is 0 Å². The molecule has 0 aliphatic carbocycles. The number of aryl methyl sites for hydroxylation is 2. The van der Waals surface area contributed by atoms with E-state index < -0.39 is 0 Å². The van der Waals surface area contributed by atoms with Crippen LogP contribution in [0.4, 0.5) is 0 Å². The molecule has 0 aliphatic heterocycles. The molecule has 0 bridgehead atoms. The lowest BCUT2D eigenvalue weighted by molar-refractivity contribution is 0.622. The Kier molecular flexibility index (Phi) is 3.54. The minimum Gasteiger partial charge on any atom is -0.361 e. The predicted molar refractivity (Wildman–Crippen MR) is 80.6 cm³/mol. The summed E-state index contributed by atoms with van der Waals surface area (Å²) < 4.78 is 0. The van der Waals surface area contributed by atoms with Gasteiger partial charge < -0.3 is 4.98 Å². The van der Waals surface area contributed by atoms with Gasteiger partial charge in [-0.15, -0.1) is 0 Å². The van der Waals surface area contributed by atoms with E-state index in [4.69, 9.17) is 0 Å². The lowest BCUT2D eigenvalue weighted by Crippen LogP contribution is -1.97. The Morgan fingerprint density at radius 2 is 2.00 bits per heavy atom. The zero-order valence-corrected chi connectivity index (χ0v) is 12.0. The SMILES string of the molecule is CC(C)Cc1nc(CCc2c[nH]c3ccccc23)n[nH]1. The maximum Gasteiger partial charge on any atom is 0.151 e. The maximum absolute atomic E-state index is 4.55. The van der Waals surface area contributed by atoms with E-state index in [1.807, 2.05) is 0 Å². The quantitative estimate of drug-likeness (QED) is 0.746. The number of H-pyrrole nitrogens is 2. The van der Waals surface area contributed by atoms with Crippen LogP contribution in [0, 0.1) is 5.92 Å². The second kappa shape index (κ2) is 5.49. The minimum atomic E-state index is 0.601. The van der Waals surface area contributed by atoms with Crippen molar-refractivity contribution in [3.05, 3.63) is 47.7 Å². The molecule has 4 nitrogen and oxygen atoms in total. The van der Waals surface area contributed by atoms with Gasteiger partial charge in [0.1, 0.15) is 5.82 Å². The van der Waals surface area contributed by atoms with Gasteiger partial charge in [-0.05, 0) is 24.0 Å². The summed E-state index contributed by atoms with van der Waals surface area (Å²) in [6.45, 7) is 4.38. The van der Waals surface area contributed by atoms with Crippen molar-refractivity contribution in [1.82, 2.24) is 20.2 Å². The molecule has 2 heterocycles. The third-order valence-electron chi connectivity index (χ3n) is 3.47. The molecule has 0 amide bonds. The van der Waals surface area contributed by atoms with Crippen LogP contribution in [0.5, 0.6) is 0 Å². The van der Waals surface area contributed by atoms with Gasteiger partial charge in [-0.1, -0.05) is 32.0 Å². The van der Waals surface area contributed by atoms with E-state index in [1.165, 1.54) is 16.5 Å². The topological polar surface area (TPSA) is 57.4 Å². The molecule has 0 atom stereocenters. The molecule has 0 spiro atoms. The Labute approximate surface area is 118 Å². The van der Waals surface area contributed by atoms with E-state index in [9.17, 15) is 0 Å². The maximum atomic E-state index is 4.55. The molecule has 2 aromatic heterocycles. The van der Waals surface area contributed by atoms with Gasteiger partial charge in [0.2, 0.25) is 0 Å². The average molecular weight is 268 g/mol. The predicted octanol–water partition coefficient (Wildman–Crippen LogP) is 3.27. The Bertz CT molecular complexity index is 693. The molecule has 4 heteroatoms. The highest BCUT2D eigenvalue weighted by Gasteiger charge is 2.07. The first-order valence-corrected chi connectivity index (χ1v) is 7.17. The minimum absolute atomic E-state index is 0.601. The van der Waals surface area contributed by atoms with Crippen molar-refractivity contribution in [3.63, 3.8) is 0 Å². The van der Waals surface area contributed by atoms with Crippen molar-refractivity contribution in [1.29, 1.82) is 0 Å². The van der Waals surface area contributed by atoms with Crippen LogP contribution in [-0.4, -0.2) is 20.2 Å². The summed E-state index contributed by atoms with van der Waals surface area (Å²) in [5, 5.41) is 8.63. The first kappa shape index (κ1) is 12.9. The standard InChI is InChI=1S/C16H20N4/c1-11(2)9-16-18-15(19-20-16)8-7-12-10-17-14-6-4-3-5-13(12)14/h3-6,10-11,17H,7-9H2,1-2H3,(H,18,19,20). The molecule has 0 fully saturated rings. The van der Waals surface area contributed by atoms with Crippen molar-refractivity contribution >= 4 is 10.9 Å². The van der Waals surface area contributed by atoms with Gasteiger partial charge in [0, 0.05) is 29.9 Å². The van der Waals surface area contributed by atoms with Crippen molar-refractivity contribution in [2.75, 3.05) is 0 Å². The zero-order chi connectivity index (χ0) is 13.9. The summed E-state index contributed by atoms with van der Waals surface area (Å²) in [6, 6.07) is 8.39. The van der Waals surface area contributed by atoms with Gasteiger partial charge in [0.15, 0.2) is 5.82 Å². The first-order valence-electron chi connectivity index (χ1n) is 7.17. The number of para-hydroxylation sites is 1. The number of nitrogens with zero attached hydrogens (tertiary/aromatic N) is 2. The highest BCUT2D eigenvalue weighted by Crippen LogP contribution is 2.19. The van der Waals surface area contributed by atoms with E-state index in [0.717, 1.165) is 30.9 Å². The fraction of sp³-hybridized carbons (Fsp3) is 0.375. The first-order chi connectivity index (χ1) is 9.72. The summed E-state index contributed by atoms with van der Waals surface area (Å²) >= 11 is 0. The van der Waals surface area contributed by atoms with E-state index in [1.54, 1.807) is 0 Å². The van der Waals surface area contributed by atoms with E-state index in [0.29, 0.717) is 5.92 Å². The van der Waals surface area contributed by atoms with Gasteiger partial charge in [-0.3, -0.25) is 5.10 Å². The second-order valence-electron chi connectivity index (χ2n) is 5.66. The van der Waals surface area contributed by atoms with E-state index in [-0.39, 0.29) is 0 Å². The summed E-state index contributed by atoms with van der Waals surface area (Å²) in [5.41, 5.74) is 2.52. The number of aromatic nitrogens is 4. The Balaban J connectivity index is 1.68. The molecule has 0 saturated heterocycles. The summed E-state index contributed by atoms with van der Waals surface area (Å²) in [4.78, 5) is 7.86. The normalized spacial score (nSPS) is 11.6. The Morgan fingerprint density at radius 1 is 1.15 bits per heavy atom. The van der Waals surface area contributed by atoms with Crippen LogP contribution in [-0.2, 0) is 19.3 Å². The molecule has 20 heavy (non-hydrogen) atoms. The van der Waals surface area contributed by atoms with Crippen LogP contribution < -0.4 is 0 Å². The van der Waals surface area contributed by atoms with Gasteiger partial charge in [0.05, 0.1) is 0 Å². The van der Waals surface area contributed by atoms with Gasteiger partial charge in [0.25, 0.3) is 0 Å². The molecule has 3 rings (SSSR count). The number of rotatable bonds is 5. The highest BCUT2D eigenvalue weighted by molar-refractivity contribution is 5.83. The molecule has 104 valence electrons. The molecular weight excluding hydrogens is 248 g/mol. The fourth-order valence-electron chi connectivity index (χ4n) is 2.51. The Hall–Kier alpha value is -2.10. The van der Waals surface area contributed by atoms with Crippen LogP contribution in [0.1, 0.15) is 31.1 Å². The van der Waals surface area contributed by atoms with Gasteiger partial charge >= 0.3 is 0 Å². The molecule has 0 saturated carbocycles. The number of hydrogen-bond acceptors (Lipinski definition) is 2. The molecule has 3 aromatic rings. The van der Waals surface area contributed by atoms with Gasteiger partial charge in [-0.2, -0.15) is 5.10 Å². The van der Waals surface area contributed by atoms with Crippen molar-refractivity contribution in [2.45, 2.75) is 33.1 Å². The Morgan fingerprint density at radius 3 is 2.85 bits per heavy atom. The molecule has 1 aromatic carbocycles. The van der Waals surface area contributed by atoms with E-state index >= 15 is 0 Å². The van der Waals surface area contributed by atoms with Crippen LogP contribution >= 0.6 is 0 Å².